The summed E-state index contributed by atoms with van der Waals surface area (Å²) in [4.78, 5) is 24.2. The fraction of sp³-hybridized carbons (Fsp3) is 0.200. The summed E-state index contributed by atoms with van der Waals surface area (Å²) in [6, 6.07) is 7.07. The number of hydrogen-bond donors (Lipinski definition) is 1. The average molecular weight is 391 g/mol. The van der Waals surface area contributed by atoms with E-state index in [0.29, 0.717) is 17.2 Å². The second-order valence-corrected chi connectivity index (χ2v) is 6.28. The number of amides is 1. The van der Waals surface area contributed by atoms with Crippen LogP contribution in [0.1, 0.15) is 18.1 Å². The summed E-state index contributed by atoms with van der Waals surface area (Å²) in [6.45, 7) is 3.19. The Morgan fingerprint density at radius 3 is 2.64 bits per heavy atom. The van der Waals surface area contributed by atoms with Crippen LogP contribution in [0, 0.1) is 24.4 Å². The van der Waals surface area contributed by atoms with E-state index >= 15 is 0 Å². The number of esters is 1. The molecular weight excluding hydrogens is 375 g/mol. The minimum atomic E-state index is -1.70. The van der Waals surface area contributed by atoms with E-state index in [1.54, 1.807) is 0 Å². The molecule has 5 nitrogen and oxygen atoms in total. The Balaban J connectivity index is 1.63. The van der Waals surface area contributed by atoms with Gasteiger partial charge in [0.2, 0.25) is 0 Å². The van der Waals surface area contributed by atoms with Crippen LogP contribution >= 0.6 is 0 Å². The number of ether oxygens (including phenoxy) is 1. The molecule has 0 spiro atoms. The average Bonchev–Trinajstić information content (AvgIpc) is 3.03. The van der Waals surface area contributed by atoms with Gasteiger partial charge in [-0.05, 0) is 37.6 Å². The van der Waals surface area contributed by atoms with E-state index in [1.165, 1.54) is 13.2 Å². The van der Waals surface area contributed by atoms with Gasteiger partial charge < -0.3 is 14.5 Å². The second kappa shape index (κ2) is 7.75. The van der Waals surface area contributed by atoms with Crippen molar-refractivity contribution < 1.29 is 31.9 Å². The predicted octanol–water partition coefficient (Wildman–Crippen LogP) is 4.27. The summed E-state index contributed by atoms with van der Waals surface area (Å²) < 4.78 is 50.2. The van der Waals surface area contributed by atoms with Crippen LogP contribution in [0.25, 0.3) is 11.0 Å². The molecule has 1 amide bonds. The normalized spacial score (nSPS) is 12.0. The molecule has 0 aliphatic carbocycles. The summed E-state index contributed by atoms with van der Waals surface area (Å²) in [5.74, 6) is -6.20. The van der Waals surface area contributed by atoms with Crippen LogP contribution in [0.5, 0.6) is 0 Å². The fourth-order valence-electron chi connectivity index (χ4n) is 2.63. The van der Waals surface area contributed by atoms with Gasteiger partial charge in [-0.25, -0.2) is 13.2 Å². The molecule has 0 radical (unpaired) electrons. The number of furan rings is 1. The molecule has 0 saturated carbocycles. The lowest BCUT2D eigenvalue weighted by molar-refractivity contribution is -0.152. The van der Waals surface area contributed by atoms with Crippen molar-refractivity contribution in [1.29, 1.82) is 0 Å². The van der Waals surface area contributed by atoms with Crippen LogP contribution in [0.15, 0.2) is 41.0 Å². The Morgan fingerprint density at radius 1 is 1.14 bits per heavy atom. The minimum absolute atomic E-state index is 0.132. The first-order valence-corrected chi connectivity index (χ1v) is 8.37. The van der Waals surface area contributed by atoms with Gasteiger partial charge >= 0.3 is 5.97 Å². The van der Waals surface area contributed by atoms with Gasteiger partial charge in [0.1, 0.15) is 5.58 Å². The van der Waals surface area contributed by atoms with Crippen LogP contribution < -0.4 is 5.32 Å². The molecule has 1 aromatic heterocycles. The van der Waals surface area contributed by atoms with E-state index in [4.69, 9.17) is 9.15 Å². The standard InChI is InChI=1S/C20H16F3NO4/c1-10-3-4-13-12(9-27-16(13)7-10)8-17(25)28-11(2)20(26)24-15-6-5-14(21)18(22)19(15)23/h3-7,9,11H,8H2,1-2H3,(H,24,26)/t11-/m0/s1. The molecule has 0 unspecified atom stereocenters. The molecule has 8 heteroatoms. The van der Waals surface area contributed by atoms with Crippen molar-refractivity contribution in [2.24, 2.45) is 0 Å². The zero-order valence-corrected chi connectivity index (χ0v) is 15.0. The first kappa shape index (κ1) is 19.5. The Kier molecular flexibility index (Phi) is 5.39. The Bertz CT molecular complexity index is 1060. The topological polar surface area (TPSA) is 68.5 Å². The molecule has 0 aliphatic heterocycles. The quantitative estimate of drug-likeness (QED) is 0.521. The highest BCUT2D eigenvalue weighted by Gasteiger charge is 2.22. The number of halogens is 3. The Morgan fingerprint density at radius 2 is 1.89 bits per heavy atom. The smallest absolute Gasteiger partial charge is 0.311 e. The van der Waals surface area contributed by atoms with Crippen LogP contribution in [0.3, 0.4) is 0 Å². The molecule has 2 aromatic carbocycles. The number of carbonyl (C=O) groups excluding carboxylic acids is 2. The van der Waals surface area contributed by atoms with Crippen molar-refractivity contribution in [2.45, 2.75) is 26.4 Å². The zero-order valence-electron chi connectivity index (χ0n) is 15.0. The van der Waals surface area contributed by atoms with Gasteiger partial charge in [0.25, 0.3) is 5.91 Å². The molecule has 1 heterocycles. The maximum absolute atomic E-state index is 13.6. The maximum atomic E-state index is 13.6. The highest BCUT2D eigenvalue weighted by Crippen LogP contribution is 2.23. The van der Waals surface area contributed by atoms with Crippen LogP contribution in [-0.4, -0.2) is 18.0 Å². The third-order valence-corrected chi connectivity index (χ3v) is 4.12. The number of benzene rings is 2. The number of anilines is 1. The summed E-state index contributed by atoms with van der Waals surface area (Å²) >= 11 is 0. The summed E-state index contributed by atoms with van der Waals surface area (Å²) in [7, 11) is 0. The number of aryl methyl sites for hydroxylation is 1. The molecule has 0 saturated heterocycles. The van der Waals surface area contributed by atoms with E-state index in [-0.39, 0.29) is 6.42 Å². The van der Waals surface area contributed by atoms with Crippen LogP contribution in [0.2, 0.25) is 0 Å². The lowest BCUT2D eigenvalue weighted by atomic mass is 10.1. The summed E-state index contributed by atoms with van der Waals surface area (Å²) in [5, 5.41) is 2.82. The van der Waals surface area contributed by atoms with E-state index in [9.17, 15) is 22.8 Å². The van der Waals surface area contributed by atoms with E-state index in [0.717, 1.165) is 17.0 Å². The maximum Gasteiger partial charge on any atom is 0.311 e. The van der Waals surface area contributed by atoms with Crippen molar-refractivity contribution in [3.05, 3.63) is 65.2 Å². The molecule has 0 aliphatic rings. The van der Waals surface area contributed by atoms with E-state index in [2.05, 4.69) is 5.32 Å². The molecule has 0 bridgehead atoms. The number of rotatable bonds is 5. The first-order chi connectivity index (χ1) is 13.3. The van der Waals surface area contributed by atoms with Crippen LogP contribution in [-0.2, 0) is 20.7 Å². The Labute approximate surface area is 158 Å². The number of hydrogen-bond acceptors (Lipinski definition) is 4. The van der Waals surface area contributed by atoms with Gasteiger partial charge in [-0.3, -0.25) is 9.59 Å². The van der Waals surface area contributed by atoms with Crippen LogP contribution in [0.4, 0.5) is 18.9 Å². The van der Waals surface area contributed by atoms with Crippen molar-refractivity contribution in [3.8, 4) is 0 Å². The van der Waals surface area contributed by atoms with Crippen molar-refractivity contribution in [3.63, 3.8) is 0 Å². The number of fused-ring (bicyclic) bond motifs is 1. The second-order valence-electron chi connectivity index (χ2n) is 6.28. The molecule has 1 N–H and O–H groups in total. The lowest BCUT2D eigenvalue weighted by Crippen LogP contribution is -2.30. The van der Waals surface area contributed by atoms with Crippen molar-refractivity contribution in [2.75, 3.05) is 5.32 Å². The largest absolute Gasteiger partial charge is 0.464 e. The molecule has 3 rings (SSSR count). The minimum Gasteiger partial charge on any atom is -0.464 e. The highest BCUT2D eigenvalue weighted by atomic mass is 19.2. The van der Waals surface area contributed by atoms with Gasteiger partial charge in [0, 0.05) is 10.9 Å². The molecule has 146 valence electrons. The molecule has 0 fully saturated rings. The molecule has 28 heavy (non-hydrogen) atoms. The molecule has 1 atom stereocenters. The summed E-state index contributed by atoms with van der Waals surface area (Å²) in [5.41, 5.74) is 1.68. The Hall–Kier alpha value is -3.29. The predicted molar refractivity (Wildman–Crippen MR) is 95.2 cm³/mol. The van der Waals surface area contributed by atoms with Gasteiger partial charge in [-0.2, -0.15) is 0 Å². The van der Waals surface area contributed by atoms with Gasteiger partial charge in [-0.1, -0.05) is 12.1 Å². The van der Waals surface area contributed by atoms with Gasteiger partial charge in [0.15, 0.2) is 23.6 Å². The summed E-state index contributed by atoms with van der Waals surface area (Å²) in [6.07, 6.45) is 0.0282. The third kappa shape index (κ3) is 4.00. The monoisotopic (exact) mass is 391 g/mol. The van der Waals surface area contributed by atoms with Gasteiger partial charge in [-0.15, -0.1) is 0 Å². The SMILES string of the molecule is Cc1ccc2c(CC(=O)O[C@@H](C)C(=O)Nc3ccc(F)c(F)c3F)coc2c1. The fourth-order valence-corrected chi connectivity index (χ4v) is 2.63. The molecule has 3 aromatic rings. The third-order valence-electron chi connectivity index (χ3n) is 4.12. The first-order valence-electron chi connectivity index (χ1n) is 8.37. The van der Waals surface area contributed by atoms with E-state index in [1.807, 2.05) is 25.1 Å². The number of carbonyl (C=O) groups is 2. The van der Waals surface area contributed by atoms with Gasteiger partial charge in [0.05, 0.1) is 18.4 Å². The highest BCUT2D eigenvalue weighted by molar-refractivity contribution is 5.95. The zero-order chi connectivity index (χ0) is 20.4. The van der Waals surface area contributed by atoms with Crippen molar-refractivity contribution >= 4 is 28.5 Å². The molecular formula is C20H16F3NO4. The van der Waals surface area contributed by atoms with Crippen molar-refractivity contribution in [1.82, 2.24) is 0 Å². The van der Waals surface area contributed by atoms with E-state index < -0.39 is 41.1 Å². The lowest BCUT2D eigenvalue weighted by Gasteiger charge is -2.14. The number of nitrogens with one attached hydrogen (secondary N) is 1.